The van der Waals surface area contributed by atoms with Crippen molar-refractivity contribution in [3.05, 3.63) is 35.4 Å². The molecule has 1 nitrogen and oxygen atoms in total. The minimum absolute atomic E-state index is 0.127. The van der Waals surface area contributed by atoms with Gasteiger partial charge in [0.1, 0.15) is 11.6 Å². The Bertz CT molecular complexity index is 328. The summed E-state index contributed by atoms with van der Waals surface area (Å²) in [5.41, 5.74) is 0.397. The number of hydrogen-bond acceptors (Lipinski definition) is 2. The Hall–Kier alpha value is -0.610. The summed E-state index contributed by atoms with van der Waals surface area (Å²) in [6.07, 6.45) is 0.691. The highest BCUT2D eigenvalue weighted by molar-refractivity contribution is 7.80. The monoisotopic (exact) mass is 231 g/mol. The van der Waals surface area contributed by atoms with Crippen LogP contribution in [0, 0.1) is 11.6 Å². The molecule has 0 aromatic heterocycles. The summed E-state index contributed by atoms with van der Waals surface area (Å²) in [5.74, 6) is -0.131. The standard InChI is InChI=1S/C11H15F2NS/c1-14(2)11(5-6-15)9-7-8(12)3-4-10(9)13/h3-4,7,11,15H,5-6H2,1-2H3. The van der Waals surface area contributed by atoms with Crippen molar-refractivity contribution in [2.45, 2.75) is 12.5 Å². The number of hydrogen-bond donors (Lipinski definition) is 1. The van der Waals surface area contributed by atoms with E-state index in [1.54, 1.807) is 0 Å². The van der Waals surface area contributed by atoms with Gasteiger partial charge in [-0.25, -0.2) is 8.78 Å². The second-order valence-corrected chi connectivity index (χ2v) is 4.10. The van der Waals surface area contributed by atoms with Gasteiger partial charge in [-0.2, -0.15) is 12.6 Å². The molecule has 0 spiro atoms. The van der Waals surface area contributed by atoms with Crippen molar-refractivity contribution >= 4 is 12.6 Å². The summed E-state index contributed by atoms with van der Waals surface area (Å²) in [6.45, 7) is 0. The van der Waals surface area contributed by atoms with Crippen LogP contribution in [0.2, 0.25) is 0 Å². The van der Waals surface area contributed by atoms with Gasteiger partial charge in [-0.1, -0.05) is 0 Å². The van der Waals surface area contributed by atoms with Crippen LogP contribution in [0.25, 0.3) is 0 Å². The second kappa shape index (κ2) is 5.47. The Morgan fingerprint density at radius 1 is 1.33 bits per heavy atom. The molecule has 84 valence electrons. The largest absolute Gasteiger partial charge is 0.302 e. The van der Waals surface area contributed by atoms with Crippen molar-refractivity contribution in [2.24, 2.45) is 0 Å². The summed E-state index contributed by atoms with van der Waals surface area (Å²) < 4.78 is 26.5. The van der Waals surface area contributed by atoms with E-state index in [0.29, 0.717) is 17.7 Å². The van der Waals surface area contributed by atoms with Gasteiger partial charge < -0.3 is 4.90 Å². The van der Waals surface area contributed by atoms with Gasteiger partial charge in [0.25, 0.3) is 0 Å². The maximum atomic E-state index is 13.5. The smallest absolute Gasteiger partial charge is 0.128 e. The van der Waals surface area contributed by atoms with E-state index in [4.69, 9.17) is 0 Å². The molecule has 4 heteroatoms. The molecule has 0 saturated heterocycles. The summed E-state index contributed by atoms with van der Waals surface area (Å²) in [7, 11) is 3.69. The van der Waals surface area contributed by atoms with E-state index in [9.17, 15) is 8.78 Å². The van der Waals surface area contributed by atoms with Gasteiger partial charge in [0.05, 0.1) is 0 Å². The van der Waals surface area contributed by atoms with Gasteiger partial charge in [-0.15, -0.1) is 0 Å². The predicted molar refractivity (Wildman–Crippen MR) is 61.3 cm³/mol. The van der Waals surface area contributed by atoms with Crippen LogP contribution in [0.4, 0.5) is 8.78 Å². The van der Waals surface area contributed by atoms with Gasteiger partial charge in [0, 0.05) is 11.6 Å². The lowest BCUT2D eigenvalue weighted by molar-refractivity contribution is 0.285. The Morgan fingerprint density at radius 2 is 2.00 bits per heavy atom. The topological polar surface area (TPSA) is 3.24 Å². The molecular formula is C11H15F2NS. The minimum atomic E-state index is -0.405. The molecule has 0 saturated carbocycles. The predicted octanol–water partition coefficient (Wildman–Crippen LogP) is 2.89. The first kappa shape index (κ1) is 12.5. The quantitative estimate of drug-likeness (QED) is 0.780. The van der Waals surface area contributed by atoms with Gasteiger partial charge in [0.2, 0.25) is 0 Å². The van der Waals surface area contributed by atoms with Crippen LogP contribution < -0.4 is 0 Å². The fraction of sp³-hybridized carbons (Fsp3) is 0.455. The maximum absolute atomic E-state index is 13.5. The molecule has 0 fully saturated rings. The molecule has 1 aromatic carbocycles. The van der Waals surface area contributed by atoms with E-state index >= 15 is 0 Å². The lowest BCUT2D eigenvalue weighted by Gasteiger charge is -2.24. The number of thiol groups is 1. The summed E-state index contributed by atoms with van der Waals surface area (Å²) >= 11 is 4.12. The van der Waals surface area contributed by atoms with Gasteiger partial charge in [-0.05, 0) is 44.5 Å². The van der Waals surface area contributed by atoms with Crippen molar-refractivity contribution in [1.29, 1.82) is 0 Å². The lowest BCUT2D eigenvalue weighted by Crippen LogP contribution is -2.21. The molecule has 0 aliphatic rings. The Kier molecular flexibility index (Phi) is 4.54. The van der Waals surface area contributed by atoms with E-state index in [0.717, 1.165) is 6.07 Å². The van der Waals surface area contributed by atoms with Crippen LogP contribution in [0.3, 0.4) is 0 Å². The molecule has 0 bridgehead atoms. The number of rotatable bonds is 4. The van der Waals surface area contributed by atoms with Crippen LogP contribution in [0.15, 0.2) is 18.2 Å². The molecule has 0 amide bonds. The number of nitrogens with zero attached hydrogens (tertiary/aromatic N) is 1. The second-order valence-electron chi connectivity index (χ2n) is 3.66. The van der Waals surface area contributed by atoms with Crippen molar-refractivity contribution < 1.29 is 8.78 Å². The average Bonchev–Trinajstić information content (AvgIpc) is 2.18. The number of benzene rings is 1. The molecular weight excluding hydrogens is 216 g/mol. The van der Waals surface area contributed by atoms with Gasteiger partial charge in [0.15, 0.2) is 0 Å². The summed E-state index contributed by atoms with van der Waals surface area (Å²) in [5, 5.41) is 0. The van der Waals surface area contributed by atoms with Gasteiger partial charge in [-0.3, -0.25) is 0 Å². The van der Waals surface area contributed by atoms with Crippen LogP contribution in [0.1, 0.15) is 18.0 Å². The van der Waals surface area contributed by atoms with Crippen molar-refractivity contribution in [2.75, 3.05) is 19.8 Å². The number of halogens is 2. The molecule has 1 atom stereocenters. The highest BCUT2D eigenvalue weighted by atomic mass is 32.1. The van der Waals surface area contributed by atoms with Crippen molar-refractivity contribution in [3.8, 4) is 0 Å². The molecule has 0 radical (unpaired) electrons. The molecule has 1 unspecified atom stereocenters. The molecule has 0 N–H and O–H groups in total. The summed E-state index contributed by atoms with van der Waals surface area (Å²) in [6, 6.07) is 3.42. The van der Waals surface area contributed by atoms with Crippen LogP contribution >= 0.6 is 12.6 Å². The first-order valence-electron chi connectivity index (χ1n) is 4.78. The summed E-state index contributed by atoms with van der Waals surface area (Å²) in [4.78, 5) is 1.87. The normalized spacial score (nSPS) is 13.2. The maximum Gasteiger partial charge on any atom is 0.128 e. The van der Waals surface area contributed by atoms with Crippen LogP contribution in [0.5, 0.6) is 0 Å². The van der Waals surface area contributed by atoms with Crippen LogP contribution in [-0.2, 0) is 0 Å². The first-order chi connectivity index (χ1) is 7.06. The fourth-order valence-corrected chi connectivity index (χ4v) is 1.83. The molecule has 1 rings (SSSR count). The zero-order chi connectivity index (χ0) is 11.4. The van der Waals surface area contributed by atoms with E-state index < -0.39 is 5.82 Å². The van der Waals surface area contributed by atoms with Crippen molar-refractivity contribution in [1.82, 2.24) is 4.90 Å². The van der Waals surface area contributed by atoms with E-state index in [2.05, 4.69) is 12.6 Å². The van der Waals surface area contributed by atoms with Gasteiger partial charge >= 0.3 is 0 Å². The van der Waals surface area contributed by atoms with E-state index in [1.165, 1.54) is 12.1 Å². The van der Waals surface area contributed by atoms with E-state index in [-0.39, 0.29) is 11.9 Å². The Labute approximate surface area is 94.5 Å². The third kappa shape index (κ3) is 3.18. The Balaban J connectivity index is 3.04. The lowest BCUT2D eigenvalue weighted by atomic mass is 10.0. The highest BCUT2D eigenvalue weighted by Gasteiger charge is 2.17. The third-order valence-electron chi connectivity index (χ3n) is 2.34. The fourth-order valence-electron chi connectivity index (χ4n) is 1.58. The minimum Gasteiger partial charge on any atom is -0.302 e. The molecule has 1 aromatic rings. The SMILES string of the molecule is CN(C)C(CCS)c1cc(F)ccc1F. The molecule has 0 aliphatic carbocycles. The zero-order valence-corrected chi connectivity index (χ0v) is 9.77. The van der Waals surface area contributed by atoms with Crippen LogP contribution in [-0.4, -0.2) is 24.7 Å². The third-order valence-corrected chi connectivity index (χ3v) is 2.60. The first-order valence-corrected chi connectivity index (χ1v) is 5.41. The molecule has 15 heavy (non-hydrogen) atoms. The average molecular weight is 231 g/mol. The molecule has 0 aliphatic heterocycles. The Morgan fingerprint density at radius 3 is 2.53 bits per heavy atom. The highest BCUT2D eigenvalue weighted by Crippen LogP contribution is 2.25. The van der Waals surface area contributed by atoms with Crippen molar-refractivity contribution in [3.63, 3.8) is 0 Å². The zero-order valence-electron chi connectivity index (χ0n) is 8.87. The van der Waals surface area contributed by atoms with E-state index in [1.807, 2.05) is 19.0 Å². The molecule has 0 heterocycles.